The Kier molecular flexibility index (Phi) is 9.42. The lowest BCUT2D eigenvalue weighted by molar-refractivity contribution is -0.121. The third-order valence-electron chi connectivity index (χ3n) is 6.85. The van der Waals surface area contributed by atoms with Crippen LogP contribution in [-0.2, 0) is 17.6 Å². The number of rotatable bonds is 10. The normalized spacial score (nSPS) is 12.4. The van der Waals surface area contributed by atoms with Crippen molar-refractivity contribution in [1.29, 1.82) is 0 Å². The molecule has 3 N–H and O–H groups in total. The molecule has 4 aromatic rings. The summed E-state index contributed by atoms with van der Waals surface area (Å²) < 4.78 is 15.3. The molecule has 0 unspecified atom stereocenters. The van der Waals surface area contributed by atoms with Crippen molar-refractivity contribution in [1.82, 2.24) is 5.32 Å². The van der Waals surface area contributed by atoms with E-state index in [2.05, 4.69) is 5.32 Å². The first kappa shape index (κ1) is 29.8. The van der Waals surface area contributed by atoms with Crippen molar-refractivity contribution >= 4 is 41.0 Å². The monoisotopic (exact) mass is 593 g/mol. The van der Waals surface area contributed by atoms with E-state index in [1.54, 1.807) is 25.1 Å². The Morgan fingerprint density at radius 3 is 2.12 bits per heavy atom. The minimum Gasteiger partial charge on any atom is -0.478 e. The van der Waals surface area contributed by atoms with Gasteiger partial charge in [-0.3, -0.25) is 4.79 Å². The average molecular weight is 594 g/mol. The molecule has 0 aliphatic carbocycles. The summed E-state index contributed by atoms with van der Waals surface area (Å²) in [7, 11) is 0. The van der Waals surface area contributed by atoms with Gasteiger partial charge in [-0.25, -0.2) is 14.0 Å². The van der Waals surface area contributed by atoms with E-state index in [0.717, 1.165) is 11.1 Å². The molecule has 210 valence electrons. The van der Waals surface area contributed by atoms with E-state index in [4.69, 9.17) is 23.2 Å². The Labute approximate surface area is 246 Å². The molecular formula is C32H26Cl2FNO5. The van der Waals surface area contributed by atoms with Crippen LogP contribution in [0.5, 0.6) is 0 Å². The van der Waals surface area contributed by atoms with E-state index in [-0.39, 0.29) is 17.9 Å². The Balaban J connectivity index is 1.60. The van der Waals surface area contributed by atoms with Gasteiger partial charge < -0.3 is 15.5 Å². The molecule has 41 heavy (non-hydrogen) atoms. The SMILES string of the molecule is C[C@H](NC(=O)Cc1ccc(C(=O)O)c(C(=O)O)c1)[C@@H](Cc1ccc(Cl)c(Cl)c1)c1ccc(-c2ccccc2)c(F)c1. The zero-order chi connectivity index (χ0) is 29.7. The highest BCUT2D eigenvalue weighted by atomic mass is 35.5. The van der Waals surface area contributed by atoms with Crippen LogP contribution in [0, 0.1) is 5.82 Å². The summed E-state index contributed by atoms with van der Waals surface area (Å²) in [5.41, 5.74) is 2.29. The fourth-order valence-corrected chi connectivity index (χ4v) is 5.09. The Hall–Kier alpha value is -4.20. The number of nitrogens with one attached hydrogen (secondary N) is 1. The number of benzene rings is 4. The van der Waals surface area contributed by atoms with E-state index >= 15 is 4.39 Å². The lowest BCUT2D eigenvalue weighted by atomic mass is 9.85. The van der Waals surface area contributed by atoms with Gasteiger partial charge in [0.05, 0.1) is 27.6 Å². The second kappa shape index (κ2) is 13.0. The summed E-state index contributed by atoms with van der Waals surface area (Å²) in [5, 5.41) is 22.4. The smallest absolute Gasteiger partial charge is 0.336 e. The zero-order valence-corrected chi connectivity index (χ0v) is 23.4. The van der Waals surface area contributed by atoms with Crippen molar-refractivity contribution < 1.29 is 29.0 Å². The molecule has 0 saturated heterocycles. The highest BCUT2D eigenvalue weighted by Crippen LogP contribution is 2.32. The lowest BCUT2D eigenvalue weighted by Crippen LogP contribution is -2.38. The van der Waals surface area contributed by atoms with Gasteiger partial charge in [0.1, 0.15) is 5.82 Å². The summed E-state index contributed by atoms with van der Waals surface area (Å²) in [4.78, 5) is 35.9. The molecule has 4 aromatic carbocycles. The highest BCUT2D eigenvalue weighted by molar-refractivity contribution is 6.42. The lowest BCUT2D eigenvalue weighted by Gasteiger charge is -2.26. The minimum atomic E-state index is -1.40. The average Bonchev–Trinajstić information content (AvgIpc) is 2.93. The van der Waals surface area contributed by atoms with Gasteiger partial charge in [-0.15, -0.1) is 0 Å². The number of carboxylic acid groups (broad SMARTS) is 2. The third-order valence-corrected chi connectivity index (χ3v) is 7.59. The maximum absolute atomic E-state index is 15.3. The second-order valence-electron chi connectivity index (χ2n) is 9.69. The predicted molar refractivity (Wildman–Crippen MR) is 156 cm³/mol. The summed E-state index contributed by atoms with van der Waals surface area (Å²) in [6, 6.07) is 22.7. The number of carbonyl (C=O) groups is 3. The van der Waals surface area contributed by atoms with Crippen LogP contribution in [0.1, 0.15) is 50.2 Å². The Morgan fingerprint density at radius 1 is 0.805 bits per heavy atom. The first-order valence-corrected chi connectivity index (χ1v) is 13.5. The van der Waals surface area contributed by atoms with Crippen LogP contribution in [0.2, 0.25) is 10.0 Å². The molecule has 2 atom stereocenters. The van der Waals surface area contributed by atoms with Gasteiger partial charge in [0, 0.05) is 17.5 Å². The molecular weight excluding hydrogens is 568 g/mol. The third kappa shape index (κ3) is 7.31. The van der Waals surface area contributed by atoms with Crippen LogP contribution in [-0.4, -0.2) is 34.1 Å². The predicted octanol–water partition coefficient (Wildman–Crippen LogP) is 7.27. The fraction of sp³-hybridized carbons (Fsp3) is 0.156. The van der Waals surface area contributed by atoms with Gasteiger partial charge in [0.25, 0.3) is 0 Å². The second-order valence-corrected chi connectivity index (χ2v) is 10.5. The summed E-state index contributed by atoms with van der Waals surface area (Å²) in [6.07, 6.45) is 0.240. The molecule has 6 nitrogen and oxygen atoms in total. The van der Waals surface area contributed by atoms with E-state index in [1.807, 2.05) is 42.5 Å². The molecule has 0 spiro atoms. The number of amides is 1. The van der Waals surface area contributed by atoms with Crippen molar-refractivity contribution in [3.8, 4) is 11.1 Å². The largest absolute Gasteiger partial charge is 0.478 e. The van der Waals surface area contributed by atoms with E-state index < -0.39 is 35.3 Å². The number of halogens is 3. The van der Waals surface area contributed by atoms with Gasteiger partial charge in [-0.05, 0) is 65.9 Å². The van der Waals surface area contributed by atoms with Gasteiger partial charge in [0.2, 0.25) is 5.91 Å². The molecule has 0 aliphatic rings. The van der Waals surface area contributed by atoms with Gasteiger partial charge in [-0.2, -0.15) is 0 Å². The Morgan fingerprint density at radius 2 is 1.49 bits per heavy atom. The van der Waals surface area contributed by atoms with Crippen LogP contribution in [0.25, 0.3) is 11.1 Å². The molecule has 9 heteroatoms. The first-order chi connectivity index (χ1) is 19.5. The van der Waals surface area contributed by atoms with Crippen LogP contribution in [0.15, 0.2) is 84.9 Å². The number of hydrogen-bond donors (Lipinski definition) is 3. The first-order valence-electron chi connectivity index (χ1n) is 12.7. The quantitative estimate of drug-likeness (QED) is 0.179. The van der Waals surface area contributed by atoms with Crippen LogP contribution >= 0.6 is 23.2 Å². The molecule has 0 saturated carbocycles. The van der Waals surface area contributed by atoms with Crippen molar-refractivity contribution in [2.75, 3.05) is 0 Å². The summed E-state index contributed by atoms with van der Waals surface area (Å²) >= 11 is 12.3. The van der Waals surface area contributed by atoms with Gasteiger partial charge in [-0.1, -0.05) is 77.8 Å². The van der Waals surface area contributed by atoms with Crippen molar-refractivity contribution in [3.05, 3.63) is 129 Å². The molecule has 4 rings (SSSR count). The van der Waals surface area contributed by atoms with E-state index in [9.17, 15) is 24.6 Å². The maximum atomic E-state index is 15.3. The highest BCUT2D eigenvalue weighted by Gasteiger charge is 2.24. The minimum absolute atomic E-state index is 0.175. The molecule has 0 radical (unpaired) electrons. The topological polar surface area (TPSA) is 104 Å². The molecule has 1 amide bonds. The molecule has 0 fully saturated rings. The zero-order valence-electron chi connectivity index (χ0n) is 21.9. The standard InChI is InChI=1S/C32H26Cl2FNO5/c1-18(36-30(37)16-20-7-10-24(31(38)39)26(14-20)32(40)41)25(13-19-8-12-27(33)28(34)15-19)22-9-11-23(29(35)17-22)21-5-3-2-4-6-21/h2-12,14-15,17-18,25H,13,16H2,1H3,(H,36,37)(H,38,39)(H,40,41)/t18-,25+/m0/s1. The van der Waals surface area contributed by atoms with Crippen LogP contribution in [0.4, 0.5) is 4.39 Å². The van der Waals surface area contributed by atoms with Crippen LogP contribution < -0.4 is 5.32 Å². The van der Waals surface area contributed by atoms with Crippen molar-refractivity contribution in [2.45, 2.75) is 31.7 Å². The maximum Gasteiger partial charge on any atom is 0.336 e. The molecule has 0 aromatic heterocycles. The van der Waals surface area contributed by atoms with Crippen molar-refractivity contribution in [2.24, 2.45) is 0 Å². The van der Waals surface area contributed by atoms with Gasteiger partial charge in [0.15, 0.2) is 0 Å². The molecule has 0 heterocycles. The fourth-order valence-electron chi connectivity index (χ4n) is 4.77. The molecule has 0 aliphatic heterocycles. The van der Waals surface area contributed by atoms with Crippen molar-refractivity contribution in [3.63, 3.8) is 0 Å². The number of carbonyl (C=O) groups excluding carboxylic acids is 1. The number of carboxylic acids is 2. The number of aromatic carboxylic acids is 2. The van der Waals surface area contributed by atoms with Crippen LogP contribution in [0.3, 0.4) is 0 Å². The molecule has 0 bridgehead atoms. The van der Waals surface area contributed by atoms with Gasteiger partial charge >= 0.3 is 11.9 Å². The number of hydrogen-bond acceptors (Lipinski definition) is 3. The summed E-state index contributed by atoms with van der Waals surface area (Å²) in [6.45, 7) is 1.80. The Bertz CT molecular complexity index is 1610. The summed E-state index contributed by atoms with van der Waals surface area (Å²) in [5.74, 6) is -3.94. The van der Waals surface area contributed by atoms with E-state index in [0.29, 0.717) is 33.2 Å². The van der Waals surface area contributed by atoms with E-state index in [1.165, 1.54) is 24.3 Å².